The molecule has 1 aromatic heterocycles. The molecule has 11 heteroatoms. The minimum atomic E-state index is -1.09. The molecule has 0 aliphatic heterocycles. The summed E-state index contributed by atoms with van der Waals surface area (Å²) in [5.41, 5.74) is 2.81. The third kappa shape index (κ3) is 8.15. The zero-order valence-corrected chi connectivity index (χ0v) is 22.8. The first-order valence-electron chi connectivity index (χ1n) is 12.5. The summed E-state index contributed by atoms with van der Waals surface area (Å²) in [6.07, 6.45) is -0.387. The van der Waals surface area contributed by atoms with Gasteiger partial charge in [-0.3, -0.25) is 0 Å². The molecule has 0 radical (unpaired) electrons. The molecule has 0 aliphatic rings. The van der Waals surface area contributed by atoms with Crippen LogP contribution in [0.4, 0.5) is 16.7 Å². The molecule has 0 saturated heterocycles. The molecule has 2 N–H and O–H groups in total. The average molecular weight is 561 g/mol. The third-order valence-corrected chi connectivity index (χ3v) is 6.02. The fourth-order valence-electron chi connectivity index (χ4n) is 3.83. The number of rotatable bonds is 11. The number of hydrogen-bond donors (Lipinski definition) is 2. The van der Waals surface area contributed by atoms with Crippen LogP contribution in [0, 0.1) is 0 Å². The smallest absolute Gasteiger partial charge is 0.414 e. The average Bonchev–Trinajstić information content (AvgIpc) is 2.94. The maximum Gasteiger partial charge on any atom is 0.414 e. The number of ether oxygens (including phenoxy) is 1. The van der Waals surface area contributed by atoms with Crippen LogP contribution in [-0.4, -0.2) is 57.2 Å². The van der Waals surface area contributed by atoms with Gasteiger partial charge in [-0.15, -0.1) is 0 Å². The normalized spacial score (nSPS) is 11.4. The van der Waals surface area contributed by atoms with Crippen molar-refractivity contribution in [1.29, 1.82) is 0 Å². The lowest BCUT2D eigenvalue weighted by Crippen LogP contribution is -2.33. The molecular formula is C29H29ClN6O4. The number of halogens is 1. The molecule has 0 spiro atoms. The number of aromatic nitrogens is 3. The van der Waals surface area contributed by atoms with Gasteiger partial charge in [-0.2, -0.15) is 15.0 Å². The maximum absolute atomic E-state index is 12.1. The highest BCUT2D eigenvalue weighted by Gasteiger charge is 2.22. The van der Waals surface area contributed by atoms with Crippen LogP contribution >= 0.6 is 11.6 Å². The zero-order valence-electron chi connectivity index (χ0n) is 22.1. The molecule has 0 saturated carbocycles. The van der Waals surface area contributed by atoms with Crippen molar-refractivity contribution in [3.63, 3.8) is 0 Å². The van der Waals surface area contributed by atoms with E-state index in [9.17, 15) is 14.7 Å². The van der Waals surface area contributed by atoms with Gasteiger partial charge in [0, 0.05) is 33.6 Å². The van der Waals surface area contributed by atoms with Crippen LogP contribution in [0.25, 0.3) is 0 Å². The molecular weight excluding hydrogens is 532 g/mol. The highest BCUT2D eigenvalue weighted by molar-refractivity contribution is 6.28. The summed E-state index contributed by atoms with van der Waals surface area (Å²) in [6, 6.07) is 25.3. The van der Waals surface area contributed by atoms with E-state index in [2.05, 4.69) is 20.3 Å². The minimum Gasteiger partial charge on any atom is -0.480 e. The van der Waals surface area contributed by atoms with E-state index in [4.69, 9.17) is 16.3 Å². The highest BCUT2D eigenvalue weighted by atomic mass is 35.5. The van der Waals surface area contributed by atoms with E-state index in [1.807, 2.05) is 65.6 Å². The number of anilines is 2. The molecule has 3 aromatic carbocycles. The predicted molar refractivity (Wildman–Crippen MR) is 153 cm³/mol. The number of carboxylic acid groups (broad SMARTS) is 1. The van der Waals surface area contributed by atoms with Gasteiger partial charge in [0.15, 0.2) is 0 Å². The minimum absolute atomic E-state index is 0.0463. The van der Waals surface area contributed by atoms with Crippen LogP contribution in [0.15, 0.2) is 84.9 Å². The molecule has 0 fully saturated rings. The van der Waals surface area contributed by atoms with Crippen molar-refractivity contribution in [3.05, 3.63) is 107 Å². The first-order valence-corrected chi connectivity index (χ1v) is 12.9. The van der Waals surface area contributed by atoms with Gasteiger partial charge in [-0.25, -0.2) is 9.59 Å². The molecule has 4 rings (SSSR count). The number of aliphatic carboxylic acids is 1. The number of hydrogen-bond acceptors (Lipinski definition) is 8. The second-order valence-corrected chi connectivity index (χ2v) is 9.54. The van der Waals surface area contributed by atoms with Crippen molar-refractivity contribution in [2.75, 3.05) is 24.3 Å². The van der Waals surface area contributed by atoms with Crippen molar-refractivity contribution in [2.45, 2.75) is 25.6 Å². The van der Waals surface area contributed by atoms with Gasteiger partial charge in [0.1, 0.15) is 11.8 Å². The van der Waals surface area contributed by atoms with Crippen LogP contribution in [0.5, 0.6) is 5.75 Å². The Hall–Kier alpha value is -4.70. The number of benzene rings is 3. The molecule has 1 atom stereocenters. The first-order chi connectivity index (χ1) is 19.3. The van der Waals surface area contributed by atoms with E-state index in [1.165, 1.54) is 4.90 Å². The molecule has 1 amide bonds. The Bertz CT molecular complexity index is 1380. The largest absolute Gasteiger partial charge is 0.480 e. The summed E-state index contributed by atoms with van der Waals surface area (Å²) in [5, 5.41) is 12.7. The van der Waals surface area contributed by atoms with Gasteiger partial charge in [-0.1, -0.05) is 72.8 Å². The van der Waals surface area contributed by atoms with Gasteiger partial charge in [0.25, 0.3) is 0 Å². The van der Waals surface area contributed by atoms with Gasteiger partial charge in [0.2, 0.25) is 17.2 Å². The topological polar surface area (TPSA) is 121 Å². The van der Waals surface area contributed by atoms with Crippen molar-refractivity contribution in [3.8, 4) is 5.75 Å². The Balaban J connectivity index is 1.54. The molecule has 4 aromatic rings. The van der Waals surface area contributed by atoms with E-state index in [0.29, 0.717) is 30.4 Å². The monoisotopic (exact) mass is 560 g/mol. The summed E-state index contributed by atoms with van der Waals surface area (Å²) < 4.78 is 5.22. The van der Waals surface area contributed by atoms with Crippen molar-refractivity contribution in [1.82, 2.24) is 19.9 Å². The summed E-state index contributed by atoms with van der Waals surface area (Å²) in [5.74, 6) is -0.379. The Labute approximate surface area is 237 Å². The van der Waals surface area contributed by atoms with E-state index < -0.39 is 18.1 Å². The van der Waals surface area contributed by atoms with E-state index in [1.54, 1.807) is 38.4 Å². The van der Waals surface area contributed by atoms with E-state index in [-0.39, 0.29) is 17.7 Å². The number of carbonyl (C=O) groups is 2. The van der Waals surface area contributed by atoms with Crippen LogP contribution in [-0.2, 0) is 24.3 Å². The SMILES string of the molecule is CN(C)C(=O)Oc1ccc(C[C@H](Nc2nc(Cl)nc(N(Cc3ccccc3)Cc3ccccc3)n2)C(=O)O)cc1. The molecule has 206 valence electrons. The molecule has 0 bridgehead atoms. The highest BCUT2D eigenvalue weighted by Crippen LogP contribution is 2.21. The van der Waals surface area contributed by atoms with Gasteiger partial charge in [0.05, 0.1) is 0 Å². The van der Waals surface area contributed by atoms with E-state index in [0.717, 1.165) is 11.1 Å². The predicted octanol–water partition coefficient (Wildman–Crippen LogP) is 4.90. The van der Waals surface area contributed by atoms with Crippen LogP contribution in [0.1, 0.15) is 16.7 Å². The number of nitrogens with zero attached hydrogens (tertiary/aromatic N) is 5. The van der Waals surface area contributed by atoms with Crippen molar-refractivity contribution in [2.24, 2.45) is 0 Å². The molecule has 1 heterocycles. The number of amides is 1. The third-order valence-electron chi connectivity index (χ3n) is 5.85. The zero-order chi connectivity index (χ0) is 28.5. The standard InChI is InChI=1S/C29H29ClN6O4/c1-35(2)29(39)40-23-15-13-20(14-16-23)17-24(25(37)38)31-27-32-26(30)33-28(34-27)36(18-21-9-5-3-6-10-21)19-22-11-7-4-8-12-22/h3-16,24H,17-19H2,1-2H3,(H,37,38)(H,31,32,33,34)/t24-/m0/s1. The lowest BCUT2D eigenvalue weighted by molar-refractivity contribution is -0.137. The Morgan fingerprint density at radius 1 is 0.850 bits per heavy atom. The summed E-state index contributed by atoms with van der Waals surface area (Å²) in [6.45, 7) is 1.01. The number of carbonyl (C=O) groups excluding carboxylic acids is 1. The van der Waals surface area contributed by atoms with Gasteiger partial charge in [-0.05, 0) is 40.4 Å². The van der Waals surface area contributed by atoms with Crippen LogP contribution in [0.2, 0.25) is 5.28 Å². The van der Waals surface area contributed by atoms with Crippen LogP contribution < -0.4 is 15.0 Å². The molecule has 40 heavy (non-hydrogen) atoms. The number of carboxylic acids is 1. The second kappa shape index (κ2) is 13.4. The quantitative estimate of drug-likeness (QED) is 0.264. The lowest BCUT2D eigenvalue weighted by Gasteiger charge is -2.24. The maximum atomic E-state index is 12.1. The fourth-order valence-corrected chi connectivity index (χ4v) is 3.98. The Morgan fingerprint density at radius 2 is 1.43 bits per heavy atom. The summed E-state index contributed by atoms with van der Waals surface area (Å²) in [4.78, 5) is 40.2. The van der Waals surface area contributed by atoms with Crippen molar-refractivity contribution < 1.29 is 19.4 Å². The van der Waals surface area contributed by atoms with Crippen LogP contribution in [0.3, 0.4) is 0 Å². The Kier molecular flexibility index (Phi) is 9.48. The first kappa shape index (κ1) is 28.3. The summed E-state index contributed by atoms with van der Waals surface area (Å²) in [7, 11) is 3.17. The van der Waals surface area contributed by atoms with E-state index >= 15 is 0 Å². The number of nitrogens with one attached hydrogen (secondary N) is 1. The fraction of sp³-hybridized carbons (Fsp3) is 0.207. The van der Waals surface area contributed by atoms with Gasteiger partial charge < -0.3 is 25.0 Å². The molecule has 10 nitrogen and oxygen atoms in total. The van der Waals surface area contributed by atoms with Gasteiger partial charge >= 0.3 is 12.1 Å². The molecule has 0 unspecified atom stereocenters. The molecule has 0 aliphatic carbocycles. The van der Waals surface area contributed by atoms with Crippen molar-refractivity contribution >= 4 is 35.6 Å². The Morgan fingerprint density at radius 3 is 1.95 bits per heavy atom. The lowest BCUT2D eigenvalue weighted by atomic mass is 10.1. The second-order valence-electron chi connectivity index (χ2n) is 9.20. The summed E-state index contributed by atoms with van der Waals surface area (Å²) >= 11 is 6.28.